The number of guanidine groups is 1. The predicted octanol–water partition coefficient (Wildman–Crippen LogP) is 1.38. The Labute approximate surface area is 129 Å². The monoisotopic (exact) mass is 323 g/mol. The van der Waals surface area contributed by atoms with Crippen LogP contribution in [0.4, 0.5) is 15.2 Å². The molecule has 0 aliphatic carbocycles. The Hall–Kier alpha value is -2.68. The predicted molar refractivity (Wildman–Crippen MR) is 82.9 cm³/mol. The van der Waals surface area contributed by atoms with Gasteiger partial charge in [0.25, 0.3) is 0 Å². The summed E-state index contributed by atoms with van der Waals surface area (Å²) in [6, 6.07) is 4.17. The molecule has 0 fully saturated rings. The number of hydrogen-bond donors (Lipinski definition) is 3. The van der Waals surface area contributed by atoms with Crippen LogP contribution in [0.1, 0.15) is 5.69 Å². The summed E-state index contributed by atoms with van der Waals surface area (Å²) in [6.45, 7) is 0. The Morgan fingerprint density at radius 2 is 2.27 bits per heavy atom. The summed E-state index contributed by atoms with van der Waals surface area (Å²) in [5, 5.41) is 4.63. The first-order valence-corrected chi connectivity index (χ1v) is 7.03. The fourth-order valence-corrected chi connectivity index (χ4v) is 2.36. The van der Waals surface area contributed by atoms with E-state index in [-0.39, 0.29) is 24.0 Å². The lowest BCUT2D eigenvalue weighted by Gasteiger charge is -2.06. The van der Waals surface area contributed by atoms with E-state index < -0.39 is 5.82 Å². The maximum Gasteiger partial charge on any atom is 0.230 e. The van der Waals surface area contributed by atoms with Gasteiger partial charge in [-0.05, 0) is 12.1 Å². The molecule has 0 aliphatic rings. The summed E-state index contributed by atoms with van der Waals surface area (Å²) >= 11 is 1.22. The summed E-state index contributed by atoms with van der Waals surface area (Å²) in [7, 11) is 1.37. The number of aromatic nitrogens is 1. The molecule has 9 heteroatoms. The van der Waals surface area contributed by atoms with E-state index in [0.29, 0.717) is 16.5 Å². The Morgan fingerprint density at radius 1 is 1.50 bits per heavy atom. The molecule has 0 atom stereocenters. The third-order valence-corrected chi connectivity index (χ3v) is 3.32. The van der Waals surface area contributed by atoms with Gasteiger partial charge in [-0.2, -0.15) is 4.99 Å². The maximum absolute atomic E-state index is 13.5. The molecule has 1 aromatic heterocycles. The molecule has 2 aromatic rings. The lowest BCUT2D eigenvalue weighted by Crippen LogP contribution is -2.21. The molecule has 0 radical (unpaired) electrons. The Morgan fingerprint density at radius 3 is 2.91 bits per heavy atom. The molecule has 0 aliphatic heterocycles. The standard InChI is InChI=1S/C13H14FN5O2S/c1-21-10-3-2-7(4-9(10)14)17-11(20)5-8-6-22-13(18-8)19-12(15)16/h2-4,6H,5H2,1H3,(H,17,20)(H4,15,16,18,19). The molecule has 1 amide bonds. The Bertz CT molecular complexity index is 712. The lowest BCUT2D eigenvalue weighted by atomic mass is 10.2. The first kappa shape index (κ1) is 15.7. The number of hydrogen-bond acceptors (Lipinski definition) is 5. The molecule has 2 rings (SSSR count). The highest BCUT2D eigenvalue weighted by Gasteiger charge is 2.10. The average molecular weight is 323 g/mol. The number of rotatable bonds is 5. The Balaban J connectivity index is 1.99. The SMILES string of the molecule is COc1ccc(NC(=O)Cc2csc(N=C(N)N)n2)cc1F. The van der Waals surface area contributed by atoms with Crippen molar-refractivity contribution in [3.8, 4) is 5.75 Å². The molecule has 0 saturated heterocycles. The average Bonchev–Trinajstić information content (AvgIpc) is 2.85. The van der Waals surface area contributed by atoms with E-state index in [1.807, 2.05) is 0 Å². The summed E-state index contributed by atoms with van der Waals surface area (Å²) in [5.74, 6) is -0.867. The smallest absolute Gasteiger partial charge is 0.230 e. The number of carbonyl (C=O) groups excluding carboxylic acids is 1. The van der Waals surface area contributed by atoms with Gasteiger partial charge in [-0.25, -0.2) is 9.37 Å². The second kappa shape index (κ2) is 6.85. The third kappa shape index (κ3) is 4.16. The maximum atomic E-state index is 13.5. The van der Waals surface area contributed by atoms with Crippen molar-refractivity contribution in [3.63, 3.8) is 0 Å². The second-order valence-electron chi connectivity index (χ2n) is 4.23. The second-order valence-corrected chi connectivity index (χ2v) is 5.07. The van der Waals surface area contributed by atoms with E-state index in [0.717, 1.165) is 0 Å². The quantitative estimate of drug-likeness (QED) is 0.568. The largest absolute Gasteiger partial charge is 0.494 e. The highest BCUT2D eigenvalue weighted by Crippen LogP contribution is 2.21. The van der Waals surface area contributed by atoms with Gasteiger partial charge in [-0.3, -0.25) is 4.79 Å². The van der Waals surface area contributed by atoms with E-state index in [1.54, 1.807) is 11.4 Å². The van der Waals surface area contributed by atoms with Crippen molar-refractivity contribution in [3.05, 3.63) is 35.1 Å². The number of nitrogens with one attached hydrogen (secondary N) is 1. The van der Waals surface area contributed by atoms with Gasteiger partial charge in [0.05, 0.1) is 19.2 Å². The van der Waals surface area contributed by atoms with Crippen LogP contribution in [-0.2, 0) is 11.2 Å². The van der Waals surface area contributed by atoms with Crippen molar-refractivity contribution in [1.82, 2.24) is 4.98 Å². The summed E-state index contributed by atoms with van der Waals surface area (Å²) in [6.07, 6.45) is 0.0319. The van der Waals surface area contributed by atoms with E-state index in [4.69, 9.17) is 16.2 Å². The minimum Gasteiger partial charge on any atom is -0.494 e. The van der Waals surface area contributed by atoms with E-state index in [9.17, 15) is 9.18 Å². The summed E-state index contributed by atoms with van der Waals surface area (Å²) < 4.78 is 18.3. The zero-order valence-electron chi connectivity index (χ0n) is 11.7. The molecular formula is C13H14FN5O2S. The van der Waals surface area contributed by atoms with Crippen LogP contribution in [0.15, 0.2) is 28.6 Å². The van der Waals surface area contributed by atoms with Crippen LogP contribution < -0.4 is 21.5 Å². The number of ether oxygens (including phenoxy) is 1. The van der Waals surface area contributed by atoms with Crippen LogP contribution in [0.3, 0.4) is 0 Å². The fourth-order valence-electron chi connectivity index (χ4n) is 1.65. The van der Waals surface area contributed by atoms with Crippen LogP contribution in [0.5, 0.6) is 5.75 Å². The van der Waals surface area contributed by atoms with Crippen molar-refractivity contribution in [1.29, 1.82) is 0 Å². The van der Waals surface area contributed by atoms with E-state index in [1.165, 1.54) is 30.6 Å². The van der Waals surface area contributed by atoms with Gasteiger partial charge >= 0.3 is 0 Å². The van der Waals surface area contributed by atoms with Gasteiger partial charge in [0.1, 0.15) is 0 Å². The number of thiazole rings is 1. The molecule has 0 bridgehead atoms. The topological polar surface area (TPSA) is 116 Å². The molecule has 1 aromatic carbocycles. The number of nitrogens with two attached hydrogens (primary N) is 2. The number of benzene rings is 1. The molecule has 1 heterocycles. The molecule has 0 saturated carbocycles. The first-order valence-electron chi connectivity index (χ1n) is 6.15. The summed E-state index contributed by atoms with van der Waals surface area (Å²) in [5.41, 5.74) is 11.3. The Kier molecular flexibility index (Phi) is 4.89. The zero-order chi connectivity index (χ0) is 16.1. The van der Waals surface area contributed by atoms with Gasteiger partial charge in [-0.1, -0.05) is 0 Å². The van der Waals surface area contributed by atoms with Crippen LogP contribution in [-0.4, -0.2) is 24.0 Å². The van der Waals surface area contributed by atoms with Crippen molar-refractivity contribution in [2.75, 3.05) is 12.4 Å². The lowest BCUT2D eigenvalue weighted by molar-refractivity contribution is -0.115. The number of halogens is 1. The van der Waals surface area contributed by atoms with E-state index in [2.05, 4.69) is 15.3 Å². The molecular weight excluding hydrogens is 309 g/mol. The van der Waals surface area contributed by atoms with Crippen LogP contribution in [0.2, 0.25) is 0 Å². The molecule has 5 N–H and O–H groups in total. The van der Waals surface area contributed by atoms with Gasteiger partial charge in [-0.15, -0.1) is 11.3 Å². The molecule has 22 heavy (non-hydrogen) atoms. The number of amides is 1. The van der Waals surface area contributed by atoms with Gasteiger partial charge in [0.15, 0.2) is 17.5 Å². The van der Waals surface area contributed by atoms with Crippen molar-refractivity contribution in [2.24, 2.45) is 16.5 Å². The molecule has 0 unspecified atom stereocenters. The van der Waals surface area contributed by atoms with Gasteiger partial charge in [0.2, 0.25) is 11.0 Å². The molecule has 7 nitrogen and oxygen atoms in total. The highest BCUT2D eigenvalue weighted by molar-refractivity contribution is 7.13. The zero-order valence-corrected chi connectivity index (χ0v) is 12.5. The molecule has 116 valence electrons. The number of nitrogens with zero attached hydrogens (tertiary/aromatic N) is 2. The number of carbonyl (C=O) groups is 1. The normalized spacial score (nSPS) is 10.1. The van der Waals surface area contributed by atoms with E-state index >= 15 is 0 Å². The first-order chi connectivity index (χ1) is 10.5. The third-order valence-electron chi connectivity index (χ3n) is 2.54. The van der Waals surface area contributed by atoms with Gasteiger partial charge < -0.3 is 21.5 Å². The number of anilines is 1. The minimum atomic E-state index is -0.552. The van der Waals surface area contributed by atoms with Crippen molar-refractivity contribution in [2.45, 2.75) is 6.42 Å². The van der Waals surface area contributed by atoms with Crippen molar-refractivity contribution >= 4 is 34.0 Å². The van der Waals surface area contributed by atoms with Crippen LogP contribution in [0.25, 0.3) is 0 Å². The number of methoxy groups -OCH3 is 1. The van der Waals surface area contributed by atoms with Crippen molar-refractivity contribution < 1.29 is 13.9 Å². The molecule has 0 spiro atoms. The van der Waals surface area contributed by atoms with Gasteiger partial charge in [0, 0.05) is 17.1 Å². The number of aliphatic imine (C=N–C) groups is 1. The summed E-state index contributed by atoms with van der Waals surface area (Å²) in [4.78, 5) is 19.8. The van der Waals surface area contributed by atoms with Crippen LogP contribution >= 0.6 is 11.3 Å². The highest BCUT2D eigenvalue weighted by atomic mass is 32.1. The fraction of sp³-hybridized carbons (Fsp3) is 0.154. The minimum absolute atomic E-state index is 0.0319. The van der Waals surface area contributed by atoms with Crippen LogP contribution in [0, 0.1) is 5.82 Å².